The van der Waals surface area contributed by atoms with E-state index in [-0.39, 0.29) is 16.6 Å². The number of hydrogen-bond donors (Lipinski definition) is 0. The molecule has 0 aliphatic carbocycles. The Bertz CT molecular complexity index is 1050. The van der Waals surface area contributed by atoms with Gasteiger partial charge in [-0.1, -0.05) is 34.6 Å². The molecular formula is C22H21BrFNO6S. The molecule has 1 aliphatic heterocycles. The number of esters is 1. The maximum absolute atomic E-state index is 13.0. The molecule has 2 aromatic carbocycles. The predicted molar refractivity (Wildman–Crippen MR) is 122 cm³/mol. The Balaban J connectivity index is 1.72. The zero-order valence-electron chi connectivity index (χ0n) is 17.5. The van der Waals surface area contributed by atoms with E-state index >= 15 is 0 Å². The van der Waals surface area contributed by atoms with E-state index in [4.69, 9.17) is 9.47 Å². The van der Waals surface area contributed by atoms with E-state index in [1.807, 2.05) is 13.8 Å². The minimum absolute atomic E-state index is 0.138. The van der Waals surface area contributed by atoms with Gasteiger partial charge < -0.3 is 9.47 Å². The van der Waals surface area contributed by atoms with Crippen molar-refractivity contribution >= 4 is 44.5 Å². The fourth-order valence-electron chi connectivity index (χ4n) is 3.13. The first-order chi connectivity index (χ1) is 15.0. The number of hydrogen-bond acceptors (Lipinski definition) is 7. The van der Waals surface area contributed by atoms with Crippen molar-refractivity contribution < 1.29 is 28.4 Å². The highest BCUT2D eigenvalue weighted by Gasteiger charge is 2.45. The number of nitro groups is 1. The topological polar surface area (TPSA) is 95.7 Å². The smallest absolute Gasteiger partial charge is 0.310 e. The second-order valence-electron chi connectivity index (χ2n) is 7.95. The van der Waals surface area contributed by atoms with Crippen LogP contribution in [-0.2, 0) is 9.53 Å². The minimum atomic E-state index is -0.818. The third-order valence-corrected chi connectivity index (χ3v) is 7.75. The number of non-ortho nitro benzene ring substituents is 1. The quantitative estimate of drug-likeness (QED) is 0.213. The molecule has 3 atom stereocenters. The van der Waals surface area contributed by atoms with Gasteiger partial charge in [0.2, 0.25) is 5.12 Å². The highest BCUT2D eigenvalue weighted by Crippen LogP contribution is 2.46. The molecule has 7 nitrogen and oxygen atoms in total. The molecule has 3 rings (SSSR count). The molecule has 0 bridgehead atoms. The van der Waals surface area contributed by atoms with Crippen LogP contribution in [0.25, 0.3) is 0 Å². The predicted octanol–water partition coefficient (Wildman–Crippen LogP) is 5.46. The van der Waals surface area contributed by atoms with E-state index in [1.165, 1.54) is 42.5 Å². The average Bonchev–Trinajstić information content (AvgIpc) is 2.74. The van der Waals surface area contributed by atoms with E-state index in [9.17, 15) is 24.1 Å². The summed E-state index contributed by atoms with van der Waals surface area (Å²) in [5.74, 6) is -1.04. The highest BCUT2D eigenvalue weighted by molar-refractivity contribution is 9.09. The number of carbonyl (C=O) groups excluding carboxylic acids is 2. The fourth-order valence-corrected chi connectivity index (χ4v) is 4.46. The molecule has 0 amide bonds. The Morgan fingerprint density at radius 1 is 1.28 bits per heavy atom. The summed E-state index contributed by atoms with van der Waals surface area (Å²) in [5.41, 5.74) is -0.146. The number of nitro benzene ring substituents is 1. The summed E-state index contributed by atoms with van der Waals surface area (Å²) in [7, 11) is 0. The van der Waals surface area contributed by atoms with E-state index in [0.29, 0.717) is 16.9 Å². The fraction of sp³-hybridized carbons (Fsp3) is 0.364. The van der Waals surface area contributed by atoms with Crippen LogP contribution in [0.3, 0.4) is 0 Å². The lowest BCUT2D eigenvalue weighted by atomic mass is 9.91. The van der Waals surface area contributed by atoms with Gasteiger partial charge in [0.25, 0.3) is 5.69 Å². The Hall–Kier alpha value is -2.46. The molecule has 1 heterocycles. The molecule has 32 heavy (non-hydrogen) atoms. The maximum atomic E-state index is 13.0. The third kappa shape index (κ3) is 5.29. The molecule has 170 valence electrons. The normalized spacial score (nSPS) is 19.9. The van der Waals surface area contributed by atoms with Crippen LogP contribution >= 0.6 is 27.7 Å². The molecule has 0 spiro atoms. The molecule has 0 aromatic heterocycles. The first kappa shape index (κ1) is 24.2. The highest BCUT2D eigenvalue weighted by atomic mass is 79.9. The number of carbonyl (C=O) groups is 2. The molecule has 10 heteroatoms. The van der Waals surface area contributed by atoms with Crippen molar-refractivity contribution in [2.45, 2.75) is 37.3 Å². The van der Waals surface area contributed by atoms with Gasteiger partial charge in [-0.05, 0) is 44.2 Å². The SMILES string of the molecule is C[C@H](CSC(=O)c1ccc(F)cc1)C(=O)O[C@@H]1c2cc([N+](=O)[O-])ccc2OC(C)(C)[C@H]1Br. The van der Waals surface area contributed by atoms with Crippen LogP contribution in [0.4, 0.5) is 10.1 Å². The van der Waals surface area contributed by atoms with Gasteiger partial charge in [-0.25, -0.2) is 4.39 Å². The first-order valence-electron chi connectivity index (χ1n) is 9.74. The molecule has 0 saturated heterocycles. The summed E-state index contributed by atoms with van der Waals surface area (Å²) in [6.07, 6.45) is -0.818. The Kier molecular flexibility index (Phi) is 7.24. The summed E-state index contributed by atoms with van der Waals surface area (Å²) in [6.45, 7) is 5.27. The Labute approximate surface area is 196 Å². The van der Waals surface area contributed by atoms with Crippen LogP contribution in [0, 0.1) is 21.8 Å². The van der Waals surface area contributed by atoms with Crippen molar-refractivity contribution in [3.63, 3.8) is 0 Å². The van der Waals surface area contributed by atoms with E-state index in [1.54, 1.807) is 6.92 Å². The summed E-state index contributed by atoms with van der Waals surface area (Å²) >= 11 is 4.46. The summed E-state index contributed by atoms with van der Waals surface area (Å²) in [4.78, 5) is 35.3. The number of ether oxygens (including phenoxy) is 2. The molecule has 0 saturated carbocycles. The summed E-state index contributed by atoms with van der Waals surface area (Å²) in [5, 5.41) is 10.9. The first-order valence-corrected chi connectivity index (χ1v) is 11.6. The second-order valence-corrected chi connectivity index (χ2v) is 9.93. The Morgan fingerprint density at radius 2 is 1.94 bits per heavy atom. The minimum Gasteiger partial charge on any atom is -0.486 e. The molecule has 0 radical (unpaired) electrons. The van der Waals surface area contributed by atoms with Gasteiger partial charge in [-0.2, -0.15) is 0 Å². The standard InChI is InChI=1S/C22H21BrFNO6S/c1-12(11-32-21(27)13-4-6-14(24)7-5-13)20(26)30-18-16-10-15(25(28)29)8-9-17(16)31-22(2,3)19(18)23/h4-10,12,18-19H,11H2,1-3H3/t12-,18-,19+/m1/s1. The van der Waals surface area contributed by atoms with E-state index in [2.05, 4.69) is 15.9 Å². The lowest BCUT2D eigenvalue weighted by Crippen LogP contribution is -2.46. The lowest BCUT2D eigenvalue weighted by molar-refractivity contribution is -0.385. The molecular weight excluding hydrogens is 505 g/mol. The van der Waals surface area contributed by atoms with Crippen molar-refractivity contribution in [3.05, 3.63) is 69.5 Å². The third-order valence-electron chi connectivity index (χ3n) is 5.00. The van der Waals surface area contributed by atoms with Crippen LogP contribution in [-0.4, -0.2) is 32.2 Å². The molecule has 0 fully saturated rings. The van der Waals surface area contributed by atoms with Gasteiger partial charge in [0.15, 0.2) is 0 Å². The van der Waals surface area contributed by atoms with Crippen LogP contribution in [0.5, 0.6) is 5.75 Å². The van der Waals surface area contributed by atoms with Crippen LogP contribution in [0.15, 0.2) is 42.5 Å². The second kappa shape index (κ2) is 9.58. The van der Waals surface area contributed by atoms with Gasteiger partial charge in [0, 0.05) is 29.0 Å². The maximum Gasteiger partial charge on any atom is 0.310 e. The van der Waals surface area contributed by atoms with Gasteiger partial charge in [-0.3, -0.25) is 19.7 Å². The van der Waals surface area contributed by atoms with E-state index in [0.717, 1.165) is 11.8 Å². The number of halogens is 2. The summed E-state index contributed by atoms with van der Waals surface area (Å²) in [6, 6.07) is 9.34. The van der Waals surface area contributed by atoms with Gasteiger partial charge >= 0.3 is 5.97 Å². The molecule has 0 unspecified atom stereocenters. The van der Waals surface area contributed by atoms with Crippen LogP contribution in [0.1, 0.15) is 42.8 Å². The molecule has 0 N–H and O–H groups in total. The molecule has 1 aliphatic rings. The van der Waals surface area contributed by atoms with Gasteiger partial charge in [-0.15, -0.1) is 0 Å². The summed E-state index contributed by atoms with van der Waals surface area (Å²) < 4.78 is 24.7. The number of nitrogens with zero attached hydrogens (tertiary/aromatic N) is 1. The average molecular weight is 526 g/mol. The monoisotopic (exact) mass is 525 g/mol. The zero-order chi connectivity index (χ0) is 23.6. The van der Waals surface area contributed by atoms with E-state index < -0.39 is 39.2 Å². The number of thioether (sulfide) groups is 1. The van der Waals surface area contributed by atoms with Crippen molar-refractivity contribution in [1.82, 2.24) is 0 Å². The van der Waals surface area contributed by atoms with Crippen molar-refractivity contribution in [1.29, 1.82) is 0 Å². The van der Waals surface area contributed by atoms with Crippen LogP contribution < -0.4 is 4.74 Å². The van der Waals surface area contributed by atoms with Crippen molar-refractivity contribution in [3.8, 4) is 5.75 Å². The lowest BCUT2D eigenvalue weighted by Gasteiger charge is -2.41. The van der Waals surface area contributed by atoms with Crippen LogP contribution in [0.2, 0.25) is 0 Å². The zero-order valence-corrected chi connectivity index (χ0v) is 19.9. The molecule has 2 aromatic rings. The number of benzene rings is 2. The van der Waals surface area contributed by atoms with Crippen molar-refractivity contribution in [2.24, 2.45) is 5.92 Å². The number of fused-ring (bicyclic) bond motifs is 1. The van der Waals surface area contributed by atoms with Gasteiger partial charge in [0.1, 0.15) is 23.3 Å². The Morgan fingerprint density at radius 3 is 2.56 bits per heavy atom. The van der Waals surface area contributed by atoms with Gasteiger partial charge in [0.05, 0.1) is 15.7 Å². The largest absolute Gasteiger partial charge is 0.486 e. The number of alkyl halides is 1. The van der Waals surface area contributed by atoms with Crippen molar-refractivity contribution in [2.75, 3.05) is 5.75 Å². The number of rotatable bonds is 6.